The number of aryl methyl sites for hydroxylation is 3. The number of aromatic nitrogens is 2. The van der Waals surface area contributed by atoms with Crippen molar-refractivity contribution in [3.8, 4) is 0 Å². The largest absolute Gasteiger partial charge is 0.351 e. The quantitative estimate of drug-likeness (QED) is 0.460. The fourth-order valence-electron chi connectivity index (χ4n) is 3.08. The topological polar surface area (TPSA) is 59.3 Å². The zero-order valence-corrected chi connectivity index (χ0v) is 18.7. The van der Waals surface area contributed by atoms with Gasteiger partial charge in [0.05, 0.1) is 19.8 Å². The molecule has 0 radical (unpaired) electrons. The molecule has 28 heavy (non-hydrogen) atoms. The number of quaternary nitrogens is 1. The van der Waals surface area contributed by atoms with Crippen LogP contribution in [0.5, 0.6) is 0 Å². The summed E-state index contributed by atoms with van der Waals surface area (Å²) < 4.78 is 0. The summed E-state index contributed by atoms with van der Waals surface area (Å²) in [5.41, 5.74) is 3.66. The van der Waals surface area contributed by atoms with E-state index in [2.05, 4.69) is 55.4 Å². The van der Waals surface area contributed by atoms with E-state index in [1.165, 1.54) is 38.2 Å². The maximum absolute atomic E-state index is 12.5. The molecule has 0 saturated heterocycles. The van der Waals surface area contributed by atoms with Gasteiger partial charge in [0.1, 0.15) is 22.2 Å². The summed E-state index contributed by atoms with van der Waals surface area (Å²) >= 11 is 3.18. The van der Waals surface area contributed by atoms with Crippen LogP contribution < -0.4 is 10.2 Å². The molecule has 2 aromatic heterocycles. The highest BCUT2D eigenvalue weighted by atomic mass is 32.2. The van der Waals surface area contributed by atoms with Crippen molar-refractivity contribution in [1.82, 2.24) is 15.3 Å². The number of hydrogen-bond donors (Lipinski definition) is 2. The Balaban J connectivity index is 1.65. The number of nitrogens with zero attached hydrogens (tertiary/aromatic N) is 2. The van der Waals surface area contributed by atoms with E-state index < -0.39 is 0 Å². The second kappa shape index (κ2) is 9.03. The Morgan fingerprint density at radius 1 is 1.14 bits per heavy atom. The Morgan fingerprint density at radius 3 is 2.57 bits per heavy atom. The van der Waals surface area contributed by atoms with Crippen molar-refractivity contribution >= 4 is 39.2 Å². The molecule has 2 N–H and O–H groups in total. The molecule has 0 saturated carbocycles. The van der Waals surface area contributed by atoms with Crippen LogP contribution in [-0.4, -0.2) is 35.7 Å². The zero-order chi connectivity index (χ0) is 20.3. The van der Waals surface area contributed by atoms with Crippen LogP contribution in [0.15, 0.2) is 29.3 Å². The Bertz CT molecular complexity index is 997. The highest BCUT2D eigenvalue weighted by Gasteiger charge is 2.15. The number of nitrogens with one attached hydrogen (secondary N) is 2. The molecule has 0 atom stereocenters. The Labute approximate surface area is 174 Å². The number of amides is 1. The lowest BCUT2D eigenvalue weighted by molar-refractivity contribution is -0.872. The van der Waals surface area contributed by atoms with Gasteiger partial charge in [0, 0.05) is 22.4 Å². The van der Waals surface area contributed by atoms with Gasteiger partial charge in [-0.05, 0) is 31.9 Å². The van der Waals surface area contributed by atoms with Gasteiger partial charge in [-0.15, -0.1) is 11.3 Å². The molecular weight excluding hydrogens is 388 g/mol. The van der Waals surface area contributed by atoms with Crippen LogP contribution in [0.2, 0.25) is 0 Å². The second-order valence-corrected chi connectivity index (χ2v) is 9.42. The number of fused-ring (bicyclic) bond motifs is 1. The summed E-state index contributed by atoms with van der Waals surface area (Å²) in [5, 5.41) is 5.04. The van der Waals surface area contributed by atoms with Crippen molar-refractivity contribution in [3.05, 3.63) is 51.7 Å². The van der Waals surface area contributed by atoms with Crippen LogP contribution in [0.1, 0.15) is 27.4 Å². The molecule has 5 nitrogen and oxygen atoms in total. The minimum atomic E-state index is 0.0195. The average molecular weight is 416 g/mol. The summed E-state index contributed by atoms with van der Waals surface area (Å²) in [6.07, 6.45) is 0. The van der Waals surface area contributed by atoms with Crippen molar-refractivity contribution < 1.29 is 9.69 Å². The molecule has 0 spiro atoms. The van der Waals surface area contributed by atoms with Gasteiger partial charge in [0.25, 0.3) is 0 Å². The normalized spacial score (nSPS) is 11.4. The molecule has 148 valence electrons. The number of thiophene rings is 1. The van der Waals surface area contributed by atoms with Crippen LogP contribution in [0.25, 0.3) is 10.2 Å². The summed E-state index contributed by atoms with van der Waals surface area (Å²) in [5.74, 6) is 1.11. The minimum Gasteiger partial charge on any atom is -0.351 e. The lowest BCUT2D eigenvalue weighted by Gasteiger charge is -2.13. The third-order valence-electron chi connectivity index (χ3n) is 4.59. The number of carbonyl (C=O) groups excluding carboxylic acids is 1. The molecule has 3 rings (SSSR count). The Hall–Kier alpha value is -1.96. The first-order valence-electron chi connectivity index (χ1n) is 9.34. The van der Waals surface area contributed by atoms with Crippen LogP contribution in [0.4, 0.5) is 0 Å². The van der Waals surface area contributed by atoms with Gasteiger partial charge in [0.2, 0.25) is 5.91 Å². The van der Waals surface area contributed by atoms with Crippen LogP contribution in [0.3, 0.4) is 0 Å². The van der Waals surface area contributed by atoms with E-state index >= 15 is 0 Å². The van der Waals surface area contributed by atoms with Crippen molar-refractivity contribution in [2.75, 3.05) is 19.8 Å². The molecule has 7 heteroatoms. The molecule has 0 unspecified atom stereocenters. The minimum absolute atomic E-state index is 0.0195. The van der Waals surface area contributed by atoms with E-state index in [4.69, 9.17) is 0 Å². The first-order chi connectivity index (χ1) is 13.3. The smallest absolute Gasteiger partial charge is 0.230 e. The number of carbonyl (C=O) groups is 1. The first-order valence-corrected chi connectivity index (χ1v) is 11.1. The van der Waals surface area contributed by atoms with Crippen molar-refractivity contribution in [3.63, 3.8) is 0 Å². The van der Waals surface area contributed by atoms with Gasteiger partial charge in [-0.2, -0.15) is 0 Å². The average Bonchev–Trinajstić information content (AvgIpc) is 2.92. The fourth-order valence-corrected chi connectivity index (χ4v) is 5.18. The summed E-state index contributed by atoms with van der Waals surface area (Å²) in [7, 11) is 4.26. The number of hydrogen-bond acceptors (Lipinski definition) is 5. The lowest BCUT2D eigenvalue weighted by atomic mass is 10.1. The Morgan fingerprint density at radius 2 is 1.86 bits per heavy atom. The SMILES string of the molecule is Cc1nc(SCC(=O)NCc2ccccc2C[NH+](C)C)c2c(C)c(C)sc2n1. The molecule has 1 amide bonds. The summed E-state index contributed by atoms with van der Waals surface area (Å²) in [6, 6.07) is 8.28. The summed E-state index contributed by atoms with van der Waals surface area (Å²) in [4.78, 5) is 25.2. The van der Waals surface area contributed by atoms with E-state index in [0.717, 1.165) is 27.6 Å². The van der Waals surface area contributed by atoms with E-state index in [1.807, 2.05) is 19.1 Å². The molecule has 1 aromatic carbocycles. The van der Waals surface area contributed by atoms with Crippen LogP contribution in [0, 0.1) is 20.8 Å². The third kappa shape index (κ3) is 4.90. The molecule has 2 heterocycles. The van der Waals surface area contributed by atoms with Crippen LogP contribution >= 0.6 is 23.1 Å². The van der Waals surface area contributed by atoms with Gasteiger partial charge in [-0.25, -0.2) is 9.97 Å². The van der Waals surface area contributed by atoms with Crippen molar-refractivity contribution in [1.29, 1.82) is 0 Å². The molecule has 0 aliphatic rings. The fraction of sp³-hybridized carbons (Fsp3) is 0.381. The third-order valence-corrected chi connectivity index (χ3v) is 6.66. The number of thioether (sulfide) groups is 1. The molecule has 3 aromatic rings. The van der Waals surface area contributed by atoms with Gasteiger partial charge in [-0.1, -0.05) is 36.0 Å². The van der Waals surface area contributed by atoms with E-state index in [-0.39, 0.29) is 5.91 Å². The molecule has 0 aliphatic heterocycles. The predicted molar refractivity (Wildman–Crippen MR) is 117 cm³/mol. The van der Waals surface area contributed by atoms with Crippen LogP contribution in [-0.2, 0) is 17.9 Å². The number of benzene rings is 1. The molecule has 0 bridgehead atoms. The standard InChI is InChI=1S/C21H26N4OS2/c1-13-14(2)28-21-19(13)20(23-15(3)24-21)27-12-18(26)22-10-16-8-6-7-9-17(16)11-25(4)5/h6-9H,10-12H2,1-5H3,(H,22,26)/p+1. The maximum Gasteiger partial charge on any atom is 0.230 e. The van der Waals surface area contributed by atoms with Gasteiger partial charge in [0.15, 0.2) is 0 Å². The van der Waals surface area contributed by atoms with Crippen molar-refractivity contribution in [2.24, 2.45) is 0 Å². The van der Waals surface area contributed by atoms with E-state index in [1.54, 1.807) is 11.3 Å². The molecule has 0 aliphatic carbocycles. The van der Waals surface area contributed by atoms with Gasteiger partial charge >= 0.3 is 0 Å². The lowest BCUT2D eigenvalue weighted by Crippen LogP contribution is -3.04. The van der Waals surface area contributed by atoms with E-state index in [0.29, 0.717) is 12.3 Å². The highest BCUT2D eigenvalue weighted by molar-refractivity contribution is 8.00. The first kappa shape index (κ1) is 20.8. The maximum atomic E-state index is 12.5. The van der Waals surface area contributed by atoms with Gasteiger partial charge < -0.3 is 10.2 Å². The monoisotopic (exact) mass is 415 g/mol. The zero-order valence-electron chi connectivity index (χ0n) is 17.0. The van der Waals surface area contributed by atoms with E-state index in [9.17, 15) is 4.79 Å². The number of rotatable bonds is 7. The van der Waals surface area contributed by atoms with Gasteiger partial charge in [-0.3, -0.25) is 4.79 Å². The molecule has 0 fully saturated rings. The summed E-state index contributed by atoms with van der Waals surface area (Å²) in [6.45, 7) is 7.59. The molecular formula is C21H27N4OS2+. The highest BCUT2D eigenvalue weighted by Crippen LogP contribution is 2.34. The second-order valence-electron chi connectivity index (χ2n) is 7.26. The Kier molecular flexibility index (Phi) is 6.69. The van der Waals surface area contributed by atoms with Crippen molar-refractivity contribution in [2.45, 2.75) is 38.9 Å². The predicted octanol–water partition coefficient (Wildman–Crippen LogP) is 2.67.